The van der Waals surface area contributed by atoms with E-state index in [4.69, 9.17) is 47.0 Å². The number of hydrogen-bond donors (Lipinski definition) is 2. The van der Waals surface area contributed by atoms with Crippen LogP contribution in [0.4, 0.5) is 0 Å². The van der Waals surface area contributed by atoms with Crippen molar-refractivity contribution < 1.29 is 5.11 Å². The molecule has 2 nitrogen and oxygen atoms in total. The van der Waals surface area contributed by atoms with Crippen LogP contribution in [0.25, 0.3) is 0 Å². The molecule has 0 amide bonds. The molecule has 0 saturated heterocycles. The SMILES string of the molecule is OC(NC(=S)c1ccccc1)C(Cl)(Cl)Cl. The lowest BCUT2D eigenvalue weighted by Gasteiger charge is -2.21. The van der Waals surface area contributed by atoms with E-state index in [1.54, 1.807) is 12.1 Å². The zero-order chi connectivity index (χ0) is 11.5. The van der Waals surface area contributed by atoms with E-state index in [1.165, 1.54) is 0 Å². The van der Waals surface area contributed by atoms with E-state index in [-0.39, 0.29) is 0 Å². The number of thiocarbonyl (C=S) groups is 1. The van der Waals surface area contributed by atoms with E-state index in [2.05, 4.69) is 5.32 Å². The van der Waals surface area contributed by atoms with Crippen molar-refractivity contribution in [2.75, 3.05) is 0 Å². The number of alkyl halides is 3. The minimum atomic E-state index is -1.81. The van der Waals surface area contributed by atoms with E-state index in [0.29, 0.717) is 4.99 Å². The van der Waals surface area contributed by atoms with Crippen molar-refractivity contribution in [2.24, 2.45) is 0 Å². The average molecular weight is 285 g/mol. The minimum absolute atomic E-state index is 0.328. The van der Waals surface area contributed by atoms with Crippen LogP contribution in [0.3, 0.4) is 0 Å². The molecule has 6 heteroatoms. The Kier molecular flexibility index (Phi) is 4.62. The van der Waals surface area contributed by atoms with E-state index in [1.807, 2.05) is 18.2 Å². The van der Waals surface area contributed by atoms with Crippen LogP contribution in [0, 0.1) is 0 Å². The highest BCUT2D eigenvalue weighted by atomic mass is 35.6. The van der Waals surface area contributed by atoms with Gasteiger partial charge < -0.3 is 10.4 Å². The van der Waals surface area contributed by atoms with Gasteiger partial charge in [-0.15, -0.1) is 0 Å². The second-order valence-corrected chi connectivity index (χ2v) is 5.56. The number of halogens is 3. The highest BCUT2D eigenvalue weighted by Gasteiger charge is 2.31. The van der Waals surface area contributed by atoms with Crippen molar-refractivity contribution in [1.29, 1.82) is 0 Å². The molecule has 15 heavy (non-hydrogen) atoms. The van der Waals surface area contributed by atoms with Gasteiger partial charge in [-0.1, -0.05) is 77.4 Å². The Morgan fingerprint density at radius 1 is 1.27 bits per heavy atom. The third kappa shape index (κ3) is 4.13. The smallest absolute Gasteiger partial charge is 0.234 e. The summed E-state index contributed by atoms with van der Waals surface area (Å²) < 4.78 is -1.81. The second-order valence-electron chi connectivity index (χ2n) is 2.78. The molecule has 0 aliphatic heterocycles. The van der Waals surface area contributed by atoms with Crippen molar-refractivity contribution in [3.63, 3.8) is 0 Å². The van der Waals surface area contributed by atoms with Crippen LogP contribution < -0.4 is 5.32 Å². The molecule has 0 aromatic heterocycles. The summed E-state index contributed by atoms with van der Waals surface area (Å²) in [5.41, 5.74) is 0.751. The topological polar surface area (TPSA) is 32.3 Å². The highest BCUT2D eigenvalue weighted by molar-refractivity contribution is 7.80. The van der Waals surface area contributed by atoms with Crippen LogP contribution in [-0.2, 0) is 0 Å². The maximum absolute atomic E-state index is 9.42. The van der Waals surface area contributed by atoms with Crippen LogP contribution in [0.15, 0.2) is 30.3 Å². The average Bonchev–Trinajstić information content (AvgIpc) is 2.17. The van der Waals surface area contributed by atoms with E-state index in [9.17, 15) is 5.11 Å². The largest absolute Gasteiger partial charge is 0.369 e. The molecule has 1 aromatic carbocycles. The maximum Gasteiger partial charge on any atom is 0.234 e. The molecule has 0 saturated carbocycles. The second kappa shape index (κ2) is 5.32. The minimum Gasteiger partial charge on any atom is -0.369 e. The zero-order valence-electron chi connectivity index (χ0n) is 7.45. The van der Waals surface area contributed by atoms with Gasteiger partial charge in [-0.3, -0.25) is 0 Å². The van der Waals surface area contributed by atoms with Gasteiger partial charge in [-0.2, -0.15) is 0 Å². The number of aliphatic hydroxyl groups is 1. The number of hydrogen-bond acceptors (Lipinski definition) is 2. The van der Waals surface area contributed by atoms with Crippen LogP contribution in [-0.4, -0.2) is 20.1 Å². The molecular formula is C9H8Cl3NOS. The summed E-state index contributed by atoms with van der Waals surface area (Å²) in [6, 6.07) is 9.09. The van der Waals surface area contributed by atoms with E-state index < -0.39 is 10.0 Å². The molecule has 1 unspecified atom stereocenters. The first-order chi connectivity index (χ1) is 6.91. The Labute approximate surface area is 108 Å². The first kappa shape index (κ1) is 13.0. The molecule has 0 fully saturated rings. The Bertz CT molecular complexity index is 339. The Balaban J connectivity index is 2.65. The van der Waals surface area contributed by atoms with Gasteiger partial charge >= 0.3 is 0 Å². The van der Waals surface area contributed by atoms with Gasteiger partial charge in [0.05, 0.1) is 0 Å². The van der Waals surface area contributed by atoms with Gasteiger partial charge in [-0.25, -0.2) is 0 Å². The van der Waals surface area contributed by atoms with Crippen molar-refractivity contribution in [2.45, 2.75) is 10.0 Å². The fourth-order valence-corrected chi connectivity index (χ4v) is 1.29. The number of benzene rings is 1. The number of rotatable bonds is 2. The molecule has 0 bridgehead atoms. The molecular weight excluding hydrogens is 277 g/mol. The molecule has 1 aromatic rings. The first-order valence-corrected chi connectivity index (χ1v) is 5.56. The quantitative estimate of drug-likeness (QED) is 0.497. The van der Waals surface area contributed by atoms with Crippen LogP contribution >= 0.6 is 47.0 Å². The Morgan fingerprint density at radius 3 is 2.27 bits per heavy atom. The van der Waals surface area contributed by atoms with Gasteiger partial charge in [0.2, 0.25) is 3.79 Å². The highest BCUT2D eigenvalue weighted by Crippen LogP contribution is 2.29. The van der Waals surface area contributed by atoms with Crippen LogP contribution in [0.1, 0.15) is 5.56 Å². The molecule has 1 atom stereocenters. The van der Waals surface area contributed by atoms with Crippen LogP contribution in [0.2, 0.25) is 0 Å². The van der Waals surface area contributed by atoms with E-state index >= 15 is 0 Å². The fraction of sp³-hybridized carbons (Fsp3) is 0.222. The Hall–Kier alpha value is -0.0600. The predicted octanol–water partition coefficient (Wildman–Crippen LogP) is 2.64. The molecule has 0 aliphatic carbocycles. The standard InChI is InChI=1S/C9H8Cl3NOS/c10-9(11,12)8(14)13-7(15)6-4-2-1-3-5-6/h1-5,8,14H,(H,13,15). The molecule has 0 aliphatic rings. The summed E-state index contributed by atoms with van der Waals surface area (Å²) >= 11 is 21.4. The number of nitrogens with one attached hydrogen (secondary N) is 1. The van der Waals surface area contributed by atoms with Crippen molar-refractivity contribution in [1.82, 2.24) is 5.32 Å². The van der Waals surface area contributed by atoms with Gasteiger partial charge in [0, 0.05) is 5.56 Å². The molecule has 1 rings (SSSR count). The summed E-state index contributed by atoms with van der Waals surface area (Å²) in [5, 5.41) is 12.0. The summed E-state index contributed by atoms with van der Waals surface area (Å²) in [6.07, 6.45) is -1.34. The maximum atomic E-state index is 9.42. The third-order valence-corrected chi connectivity index (χ3v) is 2.59. The lowest BCUT2D eigenvalue weighted by atomic mass is 10.2. The van der Waals surface area contributed by atoms with Crippen molar-refractivity contribution >= 4 is 52.0 Å². The first-order valence-electron chi connectivity index (χ1n) is 4.02. The van der Waals surface area contributed by atoms with Crippen LogP contribution in [0.5, 0.6) is 0 Å². The van der Waals surface area contributed by atoms with Gasteiger partial charge in [0.15, 0.2) is 6.23 Å². The summed E-state index contributed by atoms with van der Waals surface area (Å²) in [6.45, 7) is 0. The molecule has 0 spiro atoms. The zero-order valence-corrected chi connectivity index (χ0v) is 10.5. The molecule has 0 radical (unpaired) electrons. The summed E-state index contributed by atoms with van der Waals surface area (Å²) in [7, 11) is 0. The lowest BCUT2D eigenvalue weighted by molar-refractivity contribution is 0.165. The Morgan fingerprint density at radius 2 is 1.80 bits per heavy atom. The fourth-order valence-electron chi connectivity index (χ4n) is 0.879. The van der Waals surface area contributed by atoms with Crippen molar-refractivity contribution in [3.05, 3.63) is 35.9 Å². The van der Waals surface area contributed by atoms with Crippen molar-refractivity contribution in [3.8, 4) is 0 Å². The third-order valence-electron chi connectivity index (χ3n) is 1.61. The van der Waals surface area contributed by atoms with E-state index in [0.717, 1.165) is 5.56 Å². The monoisotopic (exact) mass is 283 g/mol. The lowest BCUT2D eigenvalue weighted by Crippen LogP contribution is -2.43. The summed E-state index contributed by atoms with van der Waals surface area (Å²) in [4.78, 5) is 0.328. The molecule has 82 valence electrons. The number of aliphatic hydroxyl groups excluding tert-OH is 1. The summed E-state index contributed by atoms with van der Waals surface area (Å²) in [5.74, 6) is 0. The normalized spacial score (nSPS) is 13.3. The predicted molar refractivity (Wildman–Crippen MR) is 67.6 cm³/mol. The van der Waals surface area contributed by atoms with Gasteiger partial charge in [0.25, 0.3) is 0 Å². The molecule has 2 N–H and O–H groups in total. The molecule has 0 heterocycles. The van der Waals surface area contributed by atoms with Gasteiger partial charge in [-0.05, 0) is 0 Å². The van der Waals surface area contributed by atoms with Gasteiger partial charge in [0.1, 0.15) is 4.99 Å².